The zero-order chi connectivity index (χ0) is 22.4. The first-order valence-electron chi connectivity index (χ1n) is 11.8. The number of carbonyl (C=O) groups is 3. The third-order valence-electron chi connectivity index (χ3n) is 10.0. The van der Waals surface area contributed by atoms with Gasteiger partial charge >= 0.3 is 11.9 Å². The number of methoxy groups -OCH3 is 1. The van der Waals surface area contributed by atoms with Crippen LogP contribution in [0.25, 0.3) is 0 Å². The summed E-state index contributed by atoms with van der Waals surface area (Å²) in [7, 11) is 1.44. The molecule has 3 unspecified atom stereocenters. The Hall–Kier alpha value is -1.69. The van der Waals surface area contributed by atoms with Gasteiger partial charge in [-0.1, -0.05) is 26.3 Å². The lowest BCUT2D eigenvalue weighted by molar-refractivity contribution is -0.181. The molecule has 6 heteroatoms. The molecule has 0 aromatic rings. The van der Waals surface area contributed by atoms with Crippen molar-refractivity contribution in [1.29, 1.82) is 0 Å². The molecule has 6 nitrogen and oxygen atoms in total. The fourth-order valence-corrected chi connectivity index (χ4v) is 8.10. The lowest BCUT2D eigenvalue weighted by Gasteiger charge is -2.58. The van der Waals surface area contributed by atoms with Gasteiger partial charge in [-0.05, 0) is 51.0 Å². The zero-order valence-corrected chi connectivity index (χ0v) is 19.3. The van der Waals surface area contributed by atoms with Crippen molar-refractivity contribution in [2.45, 2.75) is 89.9 Å². The maximum absolute atomic E-state index is 13.0. The summed E-state index contributed by atoms with van der Waals surface area (Å²) in [5.41, 5.74) is -0.438. The number of epoxide rings is 1. The molecule has 5 aliphatic rings. The van der Waals surface area contributed by atoms with Crippen LogP contribution in [-0.2, 0) is 28.6 Å². The lowest BCUT2D eigenvalue weighted by atomic mass is 9.44. The Morgan fingerprint density at radius 1 is 1.23 bits per heavy atom. The first kappa shape index (κ1) is 21.2. The van der Waals surface area contributed by atoms with Gasteiger partial charge < -0.3 is 14.2 Å². The van der Waals surface area contributed by atoms with E-state index in [1.807, 2.05) is 6.92 Å². The number of ether oxygens (including phenoxy) is 3. The monoisotopic (exact) mass is 430 g/mol. The topological polar surface area (TPSA) is 82.2 Å². The number of hydrogen-bond acceptors (Lipinski definition) is 6. The number of ketones is 1. The minimum atomic E-state index is -0.566. The highest BCUT2D eigenvalue weighted by molar-refractivity contribution is 5.92. The highest BCUT2D eigenvalue weighted by atomic mass is 16.6. The molecule has 1 saturated heterocycles. The van der Waals surface area contributed by atoms with Crippen LogP contribution >= 0.6 is 0 Å². The van der Waals surface area contributed by atoms with Crippen molar-refractivity contribution < 1.29 is 28.6 Å². The molecule has 0 amide bonds. The Labute approximate surface area is 184 Å². The van der Waals surface area contributed by atoms with E-state index < -0.39 is 11.2 Å². The van der Waals surface area contributed by atoms with Gasteiger partial charge in [0.15, 0.2) is 5.78 Å². The molecule has 0 N–H and O–H groups in total. The van der Waals surface area contributed by atoms with E-state index in [9.17, 15) is 14.4 Å². The largest absolute Gasteiger partial charge is 0.469 e. The van der Waals surface area contributed by atoms with Gasteiger partial charge in [-0.25, -0.2) is 0 Å². The molecule has 0 aromatic heterocycles. The van der Waals surface area contributed by atoms with Crippen molar-refractivity contribution >= 4 is 17.7 Å². The number of fused-ring (bicyclic) bond motifs is 3. The summed E-state index contributed by atoms with van der Waals surface area (Å²) in [5.74, 6) is -0.392. The van der Waals surface area contributed by atoms with Crippen molar-refractivity contribution in [3.63, 3.8) is 0 Å². The Morgan fingerprint density at radius 3 is 2.65 bits per heavy atom. The predicted molar refractivity (Wildman–Crippen MR) is 112 cm³/mol. The third-order valence-corrected chi connectivity index (χ3v) is 10.0. The average Bonchev–Trinajstić information content (AvgIpc) is 3.39. The summed E-state index contributed by atoms with van der Waals surface area (Å²) in [6, 6.07) is 0. The van der Waals surface area contributed by atoms with Gasteiger partial charge in [0.2, 0.25) is 0 Å². The smallest absolute Gasteiger partial charge is 0.309 e. The van der Waals surface area contributed by atoms with Crippen LogP contribution in [-0.4, -0.2) is 42.1 Å². The van der Waals surface area contributed by atoms with Gasteiger partial charge in [-0.15, -0.1) is 0 Å². The van der Waals surface area contributed by atoms with Gasteiger partial charge in [0, 0.05) is 29.6 Å². The molecule has 3 saturated carbocycles. The molecule has 0 radical (unpaired) electrons. The molecule has 1 heterocycles. The maximum atomic E-state index is 13.0. The highest BCUT2D eigenvalue weighted by Gasteiger charge is 2.82. The summed E-state index contributed by atoms with van der Waals surface area (Å²) in [6.07, 6.45) is 6.49. The molecule has 0 bridgehead atoms. The van der Waals surface area contributed by atoms with Gasteiger partial charge in [0.05, 0.1) is 19.1 Å². The fourth-order valence-electron chi connectivity index (χ4n) is 8.10. The molecule has 4 aliphatic carbocycles. The van der Waals surface area contributed by atoms with E-state index in [-0.39, 0.29) is 52.4 Å². The molecule has 0 aromatic carbocycles. The molecular formula is C25H34O6. The van der Waals surface area contributed by atoms with E-state index in [4.69, 9.17) is 14.2 Å². The van der Waals surface area contributed by atoms with E-state index in [0.29, 0.717) is 19.3 Å². The normalized spacial score (nSPS) is 49.7. The van der Waals surface area contributed by atoms with E-state index in [1.54, 1.807) is 6.08 Å². The third kappa shape index (κ3) is 2.46. The van der Waals surface area contributed by atoms with E-state index >= 15 is 0 Å². The van der Waals surface area contributed by atoms with E-state index in [1.165, 1.54) is 7.11 Å². The van der Waals surface area contributed by atoms with E-state index in [0.717, 1.165) is 31.3 Å². The van der Waals surface area contributed by atoms with Crippen molar-refractivity contribution in [1.82, 2.24) is 0 Å². The quantitative estimate of drug-likeness (QED) is 0.501. The van der Waals surface area contributed by atoms with Crippen LogP contribution in [0.4, 0.5) is 0 Å². The second-order valence-electron chi connectivity index (χ2n) is 11.1. The molecule has 170 valence electrons. The minimum absolute atomic E-state index is 0.00112. The van der Waals surface area contributed by atoms with Gasteiger partial charge in [-0.2, -0.15) is 0 Å². The molecule has 8 atom stereocenters. The van der Waals surface area contributed by atoms with Crippen LogP contribution in [0.1, 0.15) is 72.6 Å². The second kappa shape index (κ2) is 6.43. The molecular weight excluding hydrogens is 396 g/mol. The van der Waals surface area contributed by atoms with Crippen molar-refractivity contribution in [2.75, 3.05) is 7.11 Å². The summed E-state index contributed by atoms with van der Waals surface area (Å²) in [4.78, 5) is 37.6. The Morgan fingerprint density at radius 2 is 1.97 bits per heavy atom. The predicted octanol–water partition coefficient (Wildman–Crippen LogP) is 3.76. The molecule has 1 spiro atoms. The molecule has 4 fully saturated rings. The summed E-state index contributed by atoms with van der Waals surface area (Å²) >= 11 is 0. The van der Waals surface area contributed by atoms with Crippen molar-refractivity contribution in [2.24, 2.45) is 28.6 Å². The summed E-state index contributed by atoms with van der Waals surface area (Å²) in [5, 5.41) is 0. The Bertz CT molecular complexity index is 892. The Balaban J connectivity index is 1.61. The average molecular weight is 431 g/mol. The van der Waals surface area contributed by atoms with Crippen molar-refractivity contribution in [3.05, 3.63) is 11.6 Å². The van der Waals surface area contributed by atoms with Gasteiger partial charge in [0.1, 0.15) is 11.2 Å². The summed E-state index contributed by atoms with van der Waals surface area (Å²) < 4.78 is 18.0. The maximum Gasteiger partial charge on any atom is 0.309 e. The van der Waals surface area contributed by atoms with Crippen LogP contribution in [0.2, 0.25) is 0 Å². The second-order valence-corrected chi connectivity index (χ2v) is 11.1. The first-order valence-corrected chi connectivity index (χ1v) is 11.8. The van der Waals surface area contributed by atoms with Crippen LogP contribution in [0.15, 0.2) is 11.6 Å². The minimum Gasteiger partial charge on any atom is -0.469 e. The Kier molecular flexibility index (Phi) is 4.39. The highest BCUT2D eigenvalue weighted by Crippen LogP contribution is 2.77. The molecule has 31 heavy (non-hydrogen) atoms. The van der Waals surface area contributed by atoms with E-state index in [2.05, 4.69) is 20.8 Å². The fraction of sp³-hybridized carbons (Fsp3) is 0.800. The number of rotatable bonds is 3. The first-order chi connectivity index (χ1) is 14.6. The summed E-state index contributed by atoms with van der Waals surface area (Å²) in [6.45, 7) is 8.35. The van der Waals surface area contributed by atoms with Crippen molar-refractivity contribution in [3.8, 4) is 0 Å². The van der Waals surface area contributed by atoms with Crippen LogP contribution < -0.4 is 0 Å². The number of esters is 2. The molecule has 1 aliphatic heterocycles. The van der Waals surface area contributed by atoms with Gasteiger partial charge in [-0.3, -0.25) is 14.4 Å². The van der Waals surface area contributed by atoms with Crippen LogP contribution in [0.5, 0.6) is 0 Å². The van der Waals surface area contributed by atoms with Gasteiger partial charge in [0.25, 0.3) is 0 Å². The van der Waals surface area contributed by atoms with Crippen LogP contribution in [0, 0.1) is 28.6 Å². The number of carbonyl (C=O) groups excluding carboxylic acids is 3. The lowest BCUT2D eigenvalue weighted by Crippen LogP contribution is -2.63. The molecule has 5 rings (SSSR count). The SMILES string of the molecule is CCC(=O)O[C@@]1(C)CCC2C3C(C(=O)OC)CC4=CC(=O)CC[C@]4(C)[C@]34O[C@@H]4C[C@@]21C. The zero-order valence-electron chi connectivity index (χ0n) is 19.3. The van der Waals surface area contributed by atoms with Crippen LogP contribution in [0.3, 0.4) is 0 Å². The number of hydrogen-bond donors (Lipinski definition) is 0. The standard InChI is InChI=1S/C25H34O6/c1-6-19(27)31-24(4)10-8-17-20-16(21(28)29-5)12-14-11-15(26)7-9-22(14,2)25(20)18(30-25)13-23(17,24)3/h11,16-18,20H,6-10,12-13H2,1-5H3/t16?,17?,18-,20?,22+,23+,24+,25-/m1/s1.